The van der Waals surface area contributed by atoms with Crippen LogP contribution >= 0.6 is 11.6 Å². The summed E-state index contributed by atoms with van der Waals surface area (Å²) in [5, 5.41) is 3.52. The van der Waals surface area contributed by atoms with Gasteiger partial charge < -0.3 is 11.1 Å². The van der Waals surface area contributed by atoms with Crippen LogP contribution in [0.3, 0.4) is 0 Å². The molecule has 0 saturated carbocycles. The molecule has 0 aliphatic carbocycles. The molecule has 0 heterocycles. The second-order valence-electron chi connectivity index (χ2n) is 4.51. The SMILES string of the molecule is Cc1cc(C(=O)NC(C)(C)CN)ccc1Cl. The normalized spacial score (nSPS) is 11.3. The maximum absolute atomic E-state index is 11.9. The van der Waals surface area contributed by atoms with Crippen molar-refractivity contribution in [3.8, 4) is 0 Å². The average molecular weight is 241 g/mol. The highest BCUT2D eigenvalue weighted by atomic mass is 35.5. The Hall–Kier alpha value is -1.06. The minimum atomic E-state index is -0.398. The lowest BCUT2D eigenvalue weighted by atomic mass is 10.0. The second-order valence-corrected chi connectivity index (χ2v) is 4.91. The number of nitrogens with two attached hydrogens (primary N) is 1. The van der Waals surface area contributed by atoms with Crippen molar-refractivity contribution in [1.29, 1.82) is 0 Å². The standard InChI is InChI=1S/C12H17ClN2O/c1-8-6-9(4-5-10(8)13)11(16)15-12(2,3)7-14/h4-6H,7,14H2,1-3H3,(H,15,16). The summed E-state index contributed by atoms with van der Waals surface area (Å²) in [7, 11) is 0. The van der Waals surface area contributed by atoms with Crippen molar-refractivity contribution in [3.05, 3.63) is 34.3 Å². The first-order valence-corrected chi connectivity index (χ1v) is 5.52. The van der Waals surface area contributed by atoms with Gasteiger partial charge in [0.05, 0.1) is 0 Å². The number of hydrogen-bond acceptors (Lipinski definition) is 2. The Labute approximate surface area is 101 Å². The number of rotatable bonds is 3. The summed E-state index contributed by atoms with van der Waals surface area (Å²) < 4.78 is 0. The Balaban J connectivity index is 2.85. The maximum atomic E-state index is 11.9. The first-order valence-electron chi connectivity index (χ1n) is 5.14. The minimum absolute atomic E-state index is 0.129. The van der Waals surface area contributed by atoms with Gasteiger partial charge in [-0.05, 0) is 44.5 Å². The summed E-state index contributed by atoms with van der Waals surface area (Å²) in [6.45, 7) is 6.03. The first-order chi connectivity index (χ1) is 7.35. The van der Waals surface area contributed by atoms with E-state index < -0.39 is 5.54 Å². The molecule has 16 heavy (non-hydrogen) atoms. The van der Waals surface area contributed by atoms with Gasteiger partial charge in [0.25, 0.3) is 5.91 Å². The Morgan fingerprint density at radius 1 is 1.50 bits per heavy atom. The molecule has 0 aliphatic heterocycles. The Kier molecular flexibility index (Phi) is 3.94. The van der Waals surface area contributed by atoms with Gasteiger partial charge in [-0.15, -0.1) is 0 Å². The lowest BCUT2D eigenvalue weighted by Crippen LogP contribution is -2.48. The smallest absolute Gasteiger partial charge is 0.251 e. The number of carbonyl (C=O) groups excluding carboxylic acids is 1. The first kappa shape index (κ1) is 13.0. The van der Waals surface area contributed by atoms with Gasteiger partial charge in [-0.1, -0.05) is 11.6 Å². The molecule has 0 unspecified atom stereocenters. The zero-order chi connectivity index (χ0) is 12.3. The van der Waals surface area contributed by atoms with Crippen molar-refractivity contribution in [2.45, 2.75) is 26.3 Å². The van der Waals surface area contributed by atoms with Crippen molar-refractivity contribution in [3.63, 3.8) is 0 Å². The van der Waals surface area contributed by atoms with Gasteiger partial charge in [-0.25, -0.2) is 0 Å². The van der Waals surface area contributed by atoms with Gasteiger partial charge in [0.2, 0.25) is 0 Å². The zero-order valence-corrected chi connectivity index (χ0v) is 10.6. The predicted octanol–water partition coefficient (Wildman–Crippen LogP) is 2.12. The predicted molar refractivity (Wildman–Crippen MR) is 66.8 cm³/mol. The molecule has 1 aromatic rings. The summed E-state index contributed by atoms with van der Waals surface area (Å²) in [6.07, 6.45) is 0. The van der Waals surface area contributed by atoms with Crippen LogP contribution in [-0.4, -0.2) is 18.0 Å². The number of benzene rings is 1. The molecule has 0 aliphatic rings. The van der Waals surface area contributed by atoms with E-state index in [0.717, 1.165) is 5.56 Å². The largest absolute Gasteiger partial charge is 0.346 e. The third-order valence-corrected chi connectivity index (χ3v) is 2.81. The highest BCUT2D eigenvalue weighted by Crippen LogP contribution is 2.16. The Morgan fingerprint density at radius 2 is 2.12 bits per heavy atom. The fraction of sp³-hybridized carbons (Fsp3) is 0.417. The average Bonchev–Trinajstić information content (AvgIpc) is 2.21. The number of amides is 1. The van der Waals surface area contributed by atoms with Crippen LogP contribution < -0.4 is 11.1 Å². The molecule has 0 aromatic heterocycles. The summed E-state index contributed by atoms with van der Waals surface area (Å²) in [5.74, 6) is -0.129. The van der Waals surface area contributed by atoms with Crippen molar-refractivity contribution in [2.75, 3.05) is 6.54 Å². The monoisotopic (exact) mass is 240 g/mol. The summed E-state index contributed by atoms with van der Waals surface area (Å²) >= 11 is 5.89. The molecule has 88 valence electrons. The molecule has 0 saturated heterocycles. The number of nitrogens with one attached hydrogen (secondary N) is 1. The molecule has 1 rings (SSSR count). The molecule has 0 spiro atoms. The molecule has 3 N–H and O–H groups in total. The molecule has 1 amide bonds. The highest BCUT2D eigenvalue weighted by Gasteiger charge is 2.19. The lowest BCUT2D eigenvalue weighted by molar-refractivity contribution is 0.0915. The second kappa shape index (κ2) is 4.85. The van der Waals surface area contributed by atoms with Crippen molar-refractivity contribution < 1.29 is 4.79 Å². The molecule has 4 heteroatoms. The Bertz CT molecular complexity index is 402. The van der Waals surface area contributed by atoms with E-state index in [0.29, 0.717) is 17.1 Å². The summed E-state index contributed by atoms with van der Waals surface area (Å²) in [4.78, 5) is 11.9. The molecular weight excluding hydrogens is 224 g/mol. The Morgan fingerprint density at radius 3 is 2.62 bits per heavy atom. The lowest BCUT2D eigenvalue weighted by Gasteiger charge is -2.24. The van der Waals surface area contributed by atoms with Crippen LogP contribution in [0.2, 0.25) is 5.02 Å². The van der Waals surface area contributed by atoms with Gasteiger partial charge in [0, 0.05) is 22.7 Å². The number of hydrogen-bond donors (Lipinski definition) is 2. The van der Waals surface area contributed by atoms with E-state index in [1.165, 1.54) is 0 Å². The van der Waals surface area contributed by atoms with Crippen LogP contribution in [-0.2, 0) is 0 Å². The van der Waals surface area contributed by atoms with Crippen molar-refractivity contribution in [1.82, 2.24) is 5.32 Å². The molecule has 3 nitrogen and oxygen atoms in total. The molecular formula is C12H17ClN2O. The third kappa shape index (κ3) is 3.22. The van der Waals surface area contributed by atoms with Gasteiger partial charge >= 0.3 is 0 Å². The summed E-state index contributed by atoms with van der Waals surface area (Å²) in [6, 6.07) is 5.20. The van der Waals surface area contributed by atoms with Crippen LogP contribution in [0.1, 0.15) is 29.8 Å². The van der Waals surface area contributed by atoms with Gasteiger partial charge in [-0.3, -0.25) is 4.79 Å². The van der Waals surface area contributed by atoms with Gasteiger partial charge in [0.1, 0.15) is 0 Å². The fourth-order valence-corrected chi connectivity index (χ4v) is 1.33. The van der Waals surface area contributed by atoms with Crippen molar-refractivity contribution in [2.24, 2.45) is 5.73 Å². The van der Waals surface area contributed by atoms with Crippen LogP contribution in [0.4, 0.5) is 0 Å². The van der Waals surface area contributed by atoms with Crippen LogP contribution in [0.5, 0.6) is 0 Å². The molecule has 0 radical (unpaired) electrons. The fourth-order valence-electron chi connectivity index (χ4n) is 1.22. The van der Waals surface area contributed by atoms with E-state index in [9.17, 15) is 4.79 Å². The summed E-state index contributed by atoms with van der Waals surface area (Å²) in [5.41, 5.74) is 6.64. The highest BCUT2D eigenvalue weighted by molar-refractivity contribution is 6.31. The van der Waals surface area contributed by atoms with E-state index in [-0.39, 0.29) is 5.91 Å². The van der Waals surface area contributed by atoms with E-state index in [1.54, 1.807) is 18.2 Å². The maximum Gasteiger partial charge on any atom is 0.251 e. The quantitative estimate of drug-likeness (QED) is 0.850. The van der Waals surface area contributed by atoms with Crippen molar-refractivity contribution >= 4 is 17.5 Å². The van der Waals surface area contributed by atoms with Gasteiger partial charge in [-0.2, -0.15) is 0 Å². The zero-order valence-electron chi connectivity index (χ0n) is 9.80. The molecule has 0 fully saturated rings. The van der Waals surface area contributed by atoms with E-state index in [4.69, 9.17) is 17.3 Å². The van der Waals surface area contributed by atoms with E-state index in [2.05, 4.69) is 5.32 Å². The van der Waals surface area contributed by atoms with E-state index in [1.807, 2.05) is 20.8 Å². The minimum Gasteiger partial charge on any atom is -0.346 e. The molecule has 0 atom stereocenters. The molecule has 0 bridgehead atoms. The number of carbonyl (C=O) groups is 1. The number of aryl methyl sites for hydroxylation is 1. The topological polar surface area (TPSA) is 55.1 Å². The van der Waals surface area contributed by atoms with E-state index >= 15 is 0 Å². The van der Waals surface area contributed by atoms with Crippen LogP contribution in [0, 0.1) is 6.92 Å². The van der Waals surface area contributed by atoms with Gasteiger partial charge in [0.15, 0.2) is 0 Å². The number of halogens is 1. The van der Waals surface area contributed by atoms with Crippen LogP contribution in [0.15, 0.2) is 18.2 Å². The molecule has 1 aromatic carbocycles. The third-order valence-electron chi connectivity index (χ3n) is 2.38. The van der Waals surface area contributed by atoms with Crippen LogP contribution in [0.25, 0.3) is 0 Å².